The van der Waals surface area contributed by atoms with Crippen LogP contribution in [0.3, 0.4) is 0 Å². The Morgan fingerprint density at radius 3 is 2.52 bits per heavy atom. The predicted octanol–water partition coefficient (Wildman–Crippen LogP) is 7.12. The Hall–Kier alpha value is -2.43. The minimum Gasteiger partial charge on any atom is -0.382 e. The summed E-state index contributed by atoms with van der Waals surface area (Å²) in [6.45, 7) is 9.95. The maximum absolute atomic E-state index is 13.1. The van der Waals surface area contributed by atoms with Gasteiger partial charge in [-0.1, -0.05) is 43.7 Å². The fourth-order valence-electron chi connectivity index (χ4n) is 3.68. The van der Waals surface area contributed by atoms with Crippen LogP contribution < -0.4 is 5.32 Å². The number of nitrogens with one attached hydrogen (secondary N) is 1. The van der Waals surface area contributed by atoms with Gasteiger partial charge >= 0.3 is 0 Å². The van der Waals surface area contributed by atoms with Crippen molar-refractivity contribution in [2.24, 2.45) is 0 Å². The Labute approximate surface area is 189 Å². The van der Waals surface area contributed by atoms with E-state index < -0.39 is 0 Å². The molecule has 1 heterocycles. The highest BCUT2D eigenvalue weighted by molar-refractivity contribution is 6.31. The molecule has 3 aromatic rings. The molecule has 0 spiro atoms. The fourth-order valence-corrected chi connectivity index (χ4v) is 3.85. The summed E-state index contributed by atoms with van der Waals surface area (Å²) in [6.07, 6.45) is 6.13. The molecule has 1 unspecified atom stereocenters. The highest BCUT2D eigenvalue weighted by Gasteiger charge is 2.10. The zero-order valence-corrected chi connectivity index (χ0v) is 19.3. The quantitative estimate of drug-likeness (QED) is 0.364. The number of rotatable bonds is 10. The lowest BCUT2D eigenvalue weighted by molar-refractivity contribution is 0.295. The first-order chi connectivity index (χ1) is 15.0. The number of nitrogens with zero attached hydrogens (tertiary/aromatic N) is 2. The minimum atomic E-state index is -0.239. The van der Waals surface area contributed by atoms with Crippen molar-refractivity contribution in [3.05, 3.63) is 70.6 Å². The molecule has 0 aliphatic carbocycles. The van der Waals surface area contributed by atoms with Gasteiger partial charge in [-0.05, 0) is 87.4 Å². The first kappa shape index (κ1) is 23.2. The van der Waals surface area contributed by atoms with E-state index in [1.54, 1.807) is 12.1 Å². The molecule has 3 rings (SSSR count). The standard InChI is InChI=1S/C26H31ClFN3/c1-4-31(5-2)16-6-7-19(3)29-26-18-23(14-10-20-8-12-22(28)13-9-20)30-25-17-21(27)11-15-24(25)26/h8-15,17-19H,4-7,16H2,1-3H3,(H,29,30). The molecule has 0 bridgehead atoms. The Balaban J connectivity index is 1.79. The number of halogens is 2. The first-order valence-corrected chi connectivity index (χ1v) is 11.4. The summed E-state index contributed by atoms with van der Waals surface area (Å²) >= 11 is 6.22. The monoisotopic (exact) mass is 439 g/mol. The van der Waals surface area contributed by atoms with Gasteiger partial charge in [-0.15, -0.1) is 0 Å². The van der Waals surface area contributed by atoms with Gasteiger partial charge in [-0.3, -0.25) is 0 Å². The van der Waals surface area contributed by atoms with Crippen molar-refractivity contribution in [2.75, 3.05) is 25.0 Å². The van der Waals surface area contributed by atoms with Gasteiger partial charge < -0.3 is 10.2 Å². The Bertz CT molecular complexity index is 1010. The molecule has 31 heavy (non-hydrogen) atoms. The first-order valence-electron chi connectivity index (χ1n) is 11.0. The smallest absolute Gasteiger partial charge is 0.123 e. The van der Waals surface area contributed by atoms with E-state index in [1.165, 1.54) is 12.1 Å². The van der Waals surface area contributed by atoms with Crippen molar-refractivity contribution in [1.29, 1.82) is 0 Å². The highest BCUT2D eigenvalue weighted by atomic mass is 35.5. The average Bonchev–Trinajstić information content (AvgIpc) is 2.76. The van der Waals surface area contributed by atoms with Crippen molar-refractivity contribution in [2.45, 2.75) is 39.7 Å². The third-order valence-corrected chi connectivity index (χ3v) is 5.75. The third-order valence-electron chi connectivity index (χ3n) is 5.52. The van der Waals surface area contributed by atoms with Crippen LogP contribution in [0.15, 0.2) is 48.5 Å². The molecule has 1 aromatic heterocycles. The molecule has 0 fully saturated rings. The molecule has 3 nitrogen and oxygen atoms in total. The summed E-state index contributed by atoms with van der Waals surface area (Å²) in [5.41, 5.74) is 3.66. The number of benzene rings is 2. The molecular weight excluding hydrogens is 409 g/mol. The second-order valence-corrected chi connectivity index (χ2v) is 8.29. The summed E-state index contributed by atoms with van der Waals surface area (Å²) in [7, 11) is 0. The van der Waals surface area contributed by atoms with Gasteiger partial charge in [0.2, 0.25) is 0 Å². The Morgan fingerprint density at radius 2 is 1.81 bits per heavy atom. The Morgan fingerprint density at radius 1 is 1.06 bits per heavy atom. The maximum Gasteiger partial charge on any atom is 0.123 e. The maximum atomic E-state index is 13.1. The topological polar surface area (TPSA) is 28.2 Å². The molecule has 1 N–H and O–H groups in total. The number of fused-ring (bicyclic) bond motifs is 1. The molecule has 0 aliphatic rings. The molecule has 0 saturated heterocycles. The highest BCUT2D eigenvalue weighted by Crippen LogP contribution is 2.28. The normalized spacial score (nSPS) is 12.7. The van der Waals surface area contributed by atoms with Gasteiger partial charge in [0, 0.05) is 22.1 Å². The number of anilines is 1. The van der Waals surface area contributed by atoms with Gasteiger partial charge in [-0.2, -0.15) is 0 Å². The van der Waals surface area contributed by atoms with Crippen LogP contribution in [0.25, 0.3) is 23.1 Å². The van der Waals surface area contributed by atoms with Crippen LogP contribution in [0, 0.1) is 5.82 Å². The lowest BCUT2D eigenvalue weighted by Crippen LogP contribution is -2.25. The van der Waals surface area contributed by atoms with Crippen LogP contribution >= 0.6 is 11.6 Å². The minimum absolute atomic E-state index is 0.239. The van der Waals surface area contributed by atoms with E-state index in [0.29, 0.717) is 11.1 Å². The van der Waals surface area contributed by atoms with Crippen LogP contribution in [0.1, 0.15) is 44.9 Å². The molecule has 0 saturated carbocycles. The summed E-state index contributed by atoms with van der Waals surface area (Å²) in [6, 6.07) is 14.6. The van der Waals surface area contributed by atoms with Crippen LogP contribution in [-0.2, 0) is 0 Å². The zero-order chi connectivity index (χ0) is 22.2. The zero-order valence-electron chi connectivity index (χ0n) is 18.5. The van der Waals surface area contributed by atoms with Crippen LogP contribution in [0.2, 0.25) is 5.02 Å². The van der Waals surface area contributed by atoms with Gasteiger partial charge in [-0.25, -0.2) is 9.37 Å². The molecule has 1 atom stereocenters. The van der Waals surface area contributed by atoms with Crippen LogP contribution in [0.5, 0.6) is 0 Å². The van der Waals surface area contributed by atoms with Crippen molar-refractivity contribution in [1.82, 2.24) is 9.88 Å². The molecule has 2 aromatic carbocycles. The van der Waals surface area contributed by atoms with E-state index in [2.05, 4.69) is 37.1 Å². The Kier molecular flexibility index (Phi) is 8.44. The number of aromatic nitrogens is 1. The van der Waals surface area contributed by atoms with Crippen LogP contribution in [-0.4, -0.2) is 35.6 Å². The predicted molar refractivity (Wildman–Crippen MR) is 132 cm³/mol. The number of hydrogen-bond donors (Lipinski definition) is 1. The average molecular weight is 440 g/mol. The van der Waals surface area contributed by atoms with Gasteiger partial charge in [0.15, 0.2) is 0 Å². The van der Waals surface area contributed by atoms with Crippen molar-refractivity contribution in [3.8, 4) is 0 Å². The van der Waals surface area contributed by atoms with E-state index in [0.717, 1.165) is 60.3 Å². The SMILES string of the molecule is CCN(CC)CCCC(C)Nc1cc(C=Cc2ccc(F)cc2)nc2cc(Cl)ccc12. The molecule has 0 aliphatic heterocycles. The second kappa shape index (κ2) is 11.3. The molecule has 5 heteroatoms. The molecular formula is C26H31ClFN3. The fraction of sp³-hybridized carbons (Fsp3) is 0.346. The summed E-state index contributed by atoms with van der Waals surface area (Å²) in [5, 5.41) is 5.39. The summed E-state index contributed by atoms with van der Waals surface area (Å²) in [5.74, 6) is -0.239. The van der Waals surface area contributed by atoms with E-state index in [-0.39, 0.29) is 5.82 Å². The van der Waals surface area contributed by atoms with Crippen molar-refractivity contribution in [3.63, 3.8) is 0 Å². The lowest BCUT2D eigenvalue weighted by Gasteiger charge is -2.21. The van der Waals surface area contributed by atoms with Crippen molar-refractivity contribution < 1.29 is 4.39 Å². The molecule has 0 amide bonds. The lowest BCUT2D eigenvalue weighted by atomic mass is 10.1. The van der Waals surface area contributed by atoms with E-state index in [4.69, 9.17) is 16.6 Å². The summed E-state index contributed by atoms with van der Waals surface area (Å²) in [4.78, 5) is 7.21. The van der Waals surface area contributed by atoms with E-state index in [9.17, 15) is 4.39 Å². The molecule has 0 radical (unpaired) electrons. The molecule has 164 valence electrons. The number of hydrogen-bond acceptors (Lipinski definition) is 3. The second-order valence-electron chi connectivity index (χ2n) is 7.86. The third kappa shape index (κ3) is 6.78. The van der Waals surface area contributed by atoms with E-state index >= 15 is 0 Å². The summed E-state index contributed by atoms with van der Waals surface area (Å²) < 4.78 is 13.1. The van der Waals surface area contributed by atoms with E-state index in [1.807, 2.05) is 30.4 Å². The van der Waals surface area contributed by atoms with Gasteiger partial charge in [0.05, 0.1) is 11.2 Å². The largest absolute Gasteiger partial charge is 0.382 e. The number of pyridine rings is 1. The van der Waals surface area contributed by atoms with Gasteiger partial charge in [0.1, 0.15) is 5.82 Å². The van der Waals surface area contributed by atoms with Crippen molar-refractivity contribution >= 4 is 40.3 Å². The van der Waals surface area contributed by atoms with Crippen LogP contribution in [0.4, 0.5) is 10.1 Å². The van der Waals surface area contributed by atoms with Gasteiger partial charge in [0.25, 0.3) is 0 Å².